The summed E-state index contributed by atoms with van der Waals surface area (Å²) in [6.45, 7) is 5.77. The van der Waals surface area contributed by atoms with Crippen molar-refractivity contribution in [2.45, 2.75) is 6.92 Å². The number of anilines is 2. The number of quaternary nitrogens is 1. The Labute approximate surface area is 159 Å². The molecule has 2 aromatic rings. The van der Waals surface area contributed by atoms with E-state index >= 15 is 0 Å². The lowest BCUT2D eigenvalue weighted by molar-refractivity contribution is -0.880. The number of benzene rings is 2. The van der Waals surface area contributed by atoms with Crippen LogP contribution in [-0.4, -0.2) is 52.2 Å². The van der Waals surface area contributed by atoms with Crippen LogP contribution in [0.4, 0.5) is 11.4 Å². The summed E-state index contributed by atoms with van der Waals surface area (Å²) in [6.07, 6.45) is 0. The van der Waals surface area contributed by atoms with Gasteiger partial charge in [-0.25, -0.2) is 4.79 Å². The summed E-state index contributed by atoms with van der Waals surface area (Å²) < 4.78 is 4.83. The van der Waals surface area contributed by atoms with Crippen molar-refractivity contribution in [3.8, 4) is 0 Å². The minimum absolute atomic E-state index is 0.184. The fourth-order valence-electron chi connectivity index (χ4n) is 3.30. The van der Waals surface area contributed by atoms with Gasteiger partial charge < -0.3 is 19.9 Å². The van der Waals surface area contributed by atoms with Crippen LogP contribution in [0.3, 0.4) is 0 Å². The highest BCUT2D eigenvalue weighted by Gasteiger charge is 2.22. The van der Waals surface area contributed by atoms with Gasteiger partial charge in [0.05, 0.1) is 57.3 Å². The topological polar surface area (TPSA) is 63.1 Å². The fraction of sp³-hybridized carbons (Fsp3) is 0.333. The smallest absolute Gasteiger partial charge is 0.337 e. The van der Waals surface area contributed by atoms with E-state index in [-0.39, 0.29) is 5.91 Å². The fourth-order valence-corrected chi connectivity index (χ4v) is 3.30. The Morgan fingerprint density at radius 3 is 2.48 bits per heavy atom. The normalized spacial score (nSPS) is 14.7. The number of ether oxygens (including phenoxy) is 1. The van der Waals surface area contributed by atoms with Crippen molar-refractivity contribution < 1.29 is 19.2 Å². The summed E-state index contributed by atoms with van der Waals surface area (Å²) in [5, 5.41) is 3.00. The molecule has 1 aliphatic rings. The largest absolute Gasteiger partial charge is 0.465 e. The van der Waals surface area contributed by atoms with Crippen LogP contribution in [0.15, 0.2) is 42.5 Å². The van der Waals surface area contributed by atoms with E-state index in [4.69, 9.17) is 4.74 Å². The number of methoxy groups -OCH3 is 1. The highest BCUT2D eigenvalue weighted by Crippen LogP contribution is 2.28. The SMILES string of the molecule is COC(=O)c1ccc(N2CC[NH+](C)CC2)c(NC(=O)c2ccccc2C)c1. The second-order valence-electron chi connectivity index (χ2n) is 6.94. The molecule has 2 aromatic carbocycles. The minimum atomic E-state index is -0.421. The first-order chi connectivity index (χ1) is 13.0. The van der Waals surface area contributed by atoms with Gasteiger partial charge in [0.25, 0.3) is 5.91 Å². The van der Waals surface area contributed by atoms with E-state index in [0.29, 0.717) is 16.8 Å². The van der Waals surface area contributed by atoms with Crippen molar-refractivity contribution in [3.05, 3.63) is 59.2 Å². The standard InChI is InChI=1S/C21H25N3O3/c1-15-6-4-5-7-17(15)20(25)22-18-14-16(21(26)27-3)8-9-19(18)24-12-10-23(2)11-13-24/h4-9,14H,10-13H2,1-3H3,(H,22,25)/p+1. The van der Waals surface area contributed by atoms with E-state index in [1.165, 1.54) is 12.0 Å². The second kappa shape index (κ2) is 8.22. The maximum Gasteiger partial charge on any atom is 0.337 e. The Morgan fingerprint density at radius 2 is 1.81 bits per heavy atom. The van der Waals surface area contributed by atoms with Gasteiger partial charge in [-0.05, 0) is 36.8 Å². The van der Waals surface area contributed by atoms with Crippen molar-refractivity contribution in [1.82, 2.24) is 0 Å². The van der Waals surface area contributed by atoms with Gasteiger partial charge in [0, 0.05) is 5.56 Å². The molecular weight excluding hydrogens is 342 g/mol. The van der Waals surface area contributed by atoms with Gasteiger partial charge in [-0.3, -0.25) is 4.79 Å². The van der Waals surface area contributed by atoms with Gasteiger partial charge in [0.15, 0.2) is 0 Å². The number of esters is 1. The van der Waals surface area contributed by atoms with E-state index in [1.807, 2.05) is 31.2 Å². The Morgan fingerprint density at radius 1 is 1.11 bits per heavy atom. The highest BCUT2D eigenvalue weighted by molar-refractivity contribution is 6.07. The van der Waals surface area contributed by atoms with Crippen LogP contribution in [0, 0.1) is 6.92 Å². The van der Waals surface area contributed by atoms with Crippen LogP contribution in [-0.2, 0) is 4.74 Å². The van der Waals surface area contributed by atoms with E-state index in [9.17, 15) is 9.59 Å². The Kier molecular flexibility index (Phi) is 5.76. The molecule has 6 heteroatoms. The lowest BCUT2D eigenvalue weighted by atomic mass is 10.1. The molecule has 0 saturated carbocycles. The molecule has 0 aromatic heterocycles. The molecule has 1 fully saturated rings. The van der Waals surface area contributed by atoms with E-state index in [1.54, 1.807) is 18.2 Å². The van der Waals surface area contributed by atoms with Crippen molar-refractivity contribution >= 4 is 23.3 Å². The summed E-state index contributed by atoms with van der Waals surface area (Å²) in [6, 6.07) is 12.8. The zero-order valence-corrected chi connectivity index (χ0v) is 16.0. The Bertz CT molecular complexity index is 842. The summed E-state index contributed by atoms with van der Waals surface area (Å²) in [7, 11) is 3.53. The second-order valence-corrected chi connectivity index (χ2v) is 6.94. The van der Waals surface area contributed by atoms with Gasteiger partial charge in [-0.2, -0.15) is 0 Å². The third-order valence-corrected chi connectivity index (χ3v) is 5.01. The molecule has 0 bridgehead atoms. The zero-order chi connectivity index (χ0) is 19.4. The number of nitrogens with one attached hydrogen (secondary N) is 2. The first-order valence-electron chi connectivity index (χ1n) is 9.15. The molecule has 0 unspecified atom stereocenters. The number of carbonyl (C=O) groups excluding carboxylic acids is 2. The van der Waals surface area contributed by atoms with Crippen LogP contribution in [0.5, 0.6) is 0 Å². The van der Waals surface area contributed by atoms with Crippen molar-refractivity contribution in [2.75, 3.05) is 50.6 Å². The first-order valence-corrected chi connectivity index (χ1v) is 9.15. The van der Waals surface area contributed by atoms with Gasteiger partial charge >= 0.3 is 5.97 Å². The molecule has 0 spiro atoms. The van der Waals surface area contributed by atoms with E-state index in [0.717, 1.165) is 37.4 Å². The van der Waals surface area contributed by atoms with Gasteiger partial charge in [0.1, 0.15) is 0 Å². The quantitative estimate of drug-likeness (QED) is 0.800. The van der Waals surface area contributed by atoms with Gasteiger partial charge in [-0.1, -0.05) is 18.2 Å². The molecule has 6 nitrogen and oxygen atoms in total. The monoisotopic (exact) mass is 368 g/mol. The maximum atomic E-state index is 12.8. The van der Waals surface area contributed by atoms with Crippen molar-refractivity contribution in [2.24, 2.45) is 0 Å². The summed E-state index contributed by atoms with van der Waals surface area (Å²) in [5.74, 6) is -0.605. The van der Waals surface area contributed by atoms with Crippen molar-refractivity contribution in [1.29, 1.82) is 0 Å². The van der Waals surface area contributed by atoms with Crippen molar-refractivity contribution in [3.63, 3.8) is 0 Å². The molecule has 0 aliphatic carbocycles. The molecule has 142 valence electrons. The number of hydrogen-bond acceptors (Lipinski definition) is 4. The molecule has 1 saturated heterocycles. The average Bonchev–Trinajstić information content (AvgIpc) is 2.68. The summed E-state index contributed by atoms with van der Waals surface area (Å²) in [5.41, 5.74) is 3.50. The number of amides is 1. The summed E-state index contributed by atoms with van der Waals surface area (Å²) in [4.78, 5) is 28.5. The predicted octanol–water partition coefficient (Wildman–Crippen LogP) is 1.37. The van der Waals surface area contributed by atoms with Crippen LogP contribution in [0.25, 0.3) is 0 Å². The number of likely N-dealkylation sites (N-methyl/N-ethyl adjacent to an activating group) is 1. The molecule has 27 heavy (non-hydrogen) atoms. The molecule has 0 radical (unpaired) electrons. The lowest BCUT2D eigenvalue weighted by Crippen LogP contribution is -3.12. The molecule has 1 amide bonds. The highest BCUT2D eigenvalue weighted by atomic mass is 16.5. The number of piperazine rings is 1. The number of hydrogen-bond donors (Lipinski definition) is 2. The molecule has 1 heterocycles. The minimum Gasteiger partial charge on any atom is -0.465 e. The van der Waals surface area contributed by atoms with Gasteiger partial charge in [-0.15, -0.1) is 0 Å². The average molecular weight is 368 g/mol. The zero-order valence-electron chi connectivity index (χ0n) is 16.0. The van der Waals surface area contributed by atoms with Crippen LogP contribution >= 0.6 is 0 Å². The number of nitrogens with zero attached hydrogens (tertiary/aromatic N) is 1. The van der Waals surface area contributed by atoms with Crippen LogP contribution < -0.4 is 15.1 Å². The number of rotatable bonds is 4. The Balaban J connectivity index is 1.93. The maximum absolute atomic E-state index is 12.8. The molecule has 1 aliphatic heterocycles. The summed E-state index contributed by atoms with van der Waals surface area (Å²) >= 11 is 0. The molecular formula is C21H26N3O3+. The first kappa shape index (κ1) is 18.9. The lowest BCUT2D eigenvalue weighted by Gasteiger charge is -2.33. The van der Waals surface area contributed by atoms with Crippen LogP contribution in [0.1, 0.15) is 26.3 Å². The molecule has 2 N–H and O–H groups in total. The third-order valence-electron chi connectivity index (χ3n) is 5.01. The molecule has 3 rings (SSSR count). The Hall–Kier alpha value is -2.86. The number of aryl methyl sites for hydroxylation is 1. The van der Waals surface area contributed by atoms with Gasteiger partial charge in [0.2, 0.25) is 0 Å². The predicted molar refractivity (Wildman–Crippen MR) is 106 cm³/mol. The third kappa shape index (κ3) is 4.28. The number of carbonyl (C=O) groups is 2. The van der Waals surface area contributed by atoms with Crippen LogP contribution in [0.2, 0.25) is 0 Å². The van der Waals surface area contributed by atoms with E-state index in [2.05, 4.69) is 17.3 Å². The van der Waals surface area contributed by atoms with E-state index < -0.39 is 5.97 Å². The molecule has 0 atom stereocenters.